The molecule has 0 saturated heterocycles. The molecule has 1 heterocycles. The number of para-hydroxylation sites is 2. The van der Waals surface area contributed by atoms with E-state index >= 15 is 0 Å². The molecule has 29 heavy (non-hydrogen) atoms. The molecule has 0 radical (unpaired) electrons. The van der Waals surface area contributed by atoms with Gasteiger partial charge in [0.15, 0.2) is 11.9 Å². The Balaban J connectivity index is 1.93. The molecule has 0 saturated carbocycles. The van der Waals surface area contributed by atoms with Gasteiger partial charge in [-0.25, -0.2) is 0 Å². The van der Waals surface area contributed by atoms with Gasteiger partial charge in [0.05, 0.1) is 25.8 Å². The van der Waals surface area contributed by atoms with Crippen LogP contribution in [-0.2, 0) is 16.0 Å². The first-order chi connectivity index (χ1) is 13.8. The minimum absolute atomic E-state index is 0.0293. The lowest BCUT2D eigenvalue weighted by atomic mass is 10.0. The van der Waals surface area contributed by atoms with Crippen molar-refractivity contribution in [1.29, 1.82) is 0 Å². The van der Waals surface area contributed by atoms with E-state index in [4.69, 9.17) is 9.47 Å². The minimum Gasteiger partial charge on any atom is -0.496 e. The highest BCUT2D eigenvalue weighted by Crippen LogP contribution is 2.34. The van der Waals surface area contributed by atoms with Gasteiger partial charge in [0, 0.05) is 25.2 Å². The summed E-state index contributed by atoms with van der Waals surface area (Å²) in [6, 6.07) is 12.2. The summed E-state index contributed by atoms with van der Waals surface area (Å²) >= 11 is 0. The molecule has 1 aliphatic rings. The summed E-state index contributed by atoms with van der Waals surface area (Å²) in [5.41, 5.74) is 1.74. The normalized spacial score (nSPS) is 15.2. The highest BCUT2D eigenvalue weighted by molar-refractivity contribution is 5.99. The van der Waals surface area contributed by atoms with Crippen LogP contribution in [0.3, 0.4) is 0 Å². The Morgan fingerprint density at radius 3 is 2.55 bits per heavy atom. The van der Waals surface area contributed by atoms with E-state index < -0.39 is 6.10 Å². The van der Waals surface area contributed by atoms with E-state index in [1.165, 1.54) is 18.9 Å². The Hall–Kier alpha value is -3.35. The van der Waals surface area contributed by atoms with Crippen molar-refractivity contribution in [2.45, 2.75) is 19.4 Å². The number of methoxy groups -OCH3 is 1. The van der Waals surface area contributed by atoms with Gasteiger partial charge in [-0.15, -0.1) is 0 Å². The number of carbonyl (C=O) groups is 3. The second-order valence-corrected chi connectivity index (χ2v) is 7.07. The number of hydrogen-bond acceptors (Lipinski definition) is 5. The van der Waals surface area contributed by atoms with E-state index in [9.17, 15) is 14.4 Å². The summed E-state index contributed by atoms with van der Waals surface area (Å²) in [7, 11) is 4.82. The Labute approximate surface area is 169 Å². The van der Waals surface area contributed by atoms with Crippen LogP contribution in [0.2, 0.25) is 0 Å². The molecular weight excluding hydrogens is 372 g/mol. The Bertz CT molecular complexity index is 954. The van der Waals surface area contributed by atoms with Gasteiger partial charge >= 0.3 is 0 Å². The van der Waals surface area contributed by atoms with Crippen LogP contribution >= 0.6 is 0 Å². The maximum Gasteiger partial charge on any atom is 0.265 e. The van der Waals surface area contributed by atoms with E-state index in [0.717, 1.165) is 0 Å². The summed E-state index contributed by atoms with van der Waals surface area (Å²) in [4.78, 5) is 40.4. The molecule has 7 heteroatoms. The molecule has 0 fully saturated rings. The molecule has 0 unspecified atom stereocenters. The lowest BCUT2D eigenvalue weighted by Gasteiger charge is -2.35. The van der Waals surface area contributed by atoms with Gasteiger partial charge in [0.2, 0.25) is 5.91 Å². The largest absolute Gasteiger partial charge is 0.496 e. The molecule has 7 nitrogen and oxygen atoms in total. The number of fused-ring (bicyclic) bond motifs is 1. The Morgan fingerprint density at radius 2 is 1.90 bits per heavy atom. The fraction of sp³-hybridized carbons (Fsp3) is 0.318. The fourth-order valence-electron chi connectivity index (χ4n) is 3.28. The predicted molar refractivity (Wildman–Crippen MR) is 109 cm³/mol. The van der Waals surface area contributed by atoms with E-state index in [2.05, 4.69) is 0 Å². The first kappa shape index (κ1) is 20.4. The second-order valence-electron chi connectivity index (χ2n) is 7.07. The number of hydrogen-bond donors (Lipinski definition) is 0. The highest BCUT2D eigenvalue weighted by atomic mass is 16.5. The van der Waals surface area contributed by atoms with Crippen LogP contribution in [0.4, 0.5) is 5.69 Å². The van der Waals surface area contributed by atoms with Crippen LogP contribution in [0.5, 0.6) is 11.5 Å². The molecule has 0 aliphatic carbocycles. The zero-order valence-electron chi connectivity index (χ0n) is 17.0. The number of likely N-dealkylation sites (N-methyl/N-ethyl adjacent to an activating group) is 1. The number of anilines is 1. The third-order valence-corrected chi connectivity index (χ3v) is 4.82. The molecule has 2 aromatic rings. The number of benzene rings is 2. The number of Topliss-reactive ketones (excluding diaryl/α,β-unsaturated/α-hetero) is 1. The third-order valence-electron chi connectivity index (χ3n) is 4.82. The van der Waals surface area contributed by atoms with Gasteiger partial charge < -0.3 is 19.3 Å². The van der Waals surface area contributed by atoms with Crippen LogP contribution < -0.4 is 14.4 Å². The number of nitrogens with zero attached hydrogens (tertiary/aromatic N) is 2. The SMILES string of the molecule is COc1ccc(C(C)=O)cc1CC(=O)N1C[C@H](C(=O)N(C)C)Oc2ccccc21. The molecule has 0 aromatic heterocycles. The second kappa shape index (κ2) is 8.34. The average Bonchev–Trinajstić information content (AvgIpc) is 2.72. The van der Waals surface area contributed by atoms with Crippen molar-refractivity contribution in [1.82, 2.24) is 4.90 Å². The lowest BCUT2D eigenvalue weighted by molar-refractivity contribution is -0.136. The maximum absolute atomic E-state index is 13.2. The monoisotopic (exact) mass is 396 g/mol. The van der Waals surface area contributed by atoms with Crippen LogP contribution in [0.25, 0.3) is 0 Å². The van der Waals surface area contributed by atoms with Crippen molar-refractivity contribution in [3.8, 4) is 11.5 Å². The van der Waals surface area contributed by atoms with Gasteiger partial charge in [-0.3, -0.25) is 14.4 Å². The molecule has 0 bridgehead atoms. The van der Waals surface area contributed by atoms with Crippen molar-refractivity contribution >= 4 is 23.3 Å². The summed E-state index contributed by atoms with van der Waals surface area (Å²) in [6.45, 7) is 1.59. The number of ketones is 1. The van der Waals surface area contributed by atoms with E-state index in [0.29, 0.717) is 28.3 Å². The van der Waals surface area contributed by atoms with Crippen molar-refractivity contribution in [3.05, 3.63) is 53.6 Å². The topological polar surface area (TPSA) is 76.2 Å². The zero-order chi connectivity index (χ0) is 21.1. The van der Waals surface area contributed by atoms with Gasteiger partial charge in [-0.05, 0) is 37.3 Å². The average molecular weight is 396 g/mol. The van der Waals surface area contributed by atoms with Crippen molar-refractivity contribution in [2.75, 3.05) is 32.6 Å². The number of amides is 2. The quantitative estimate of drug-likeness (QED) is 0.725. The summed E-state index contributed by atoms with van der Waals surface area (Å²) in [5, 5.41) is 0. The molecule has 2 amide bonds. The molecule has 2 aromatic carbocycles. The highest BCUT2D eigenvalue weighted by Gasteiger charge is 2.34. The number of carbonyl (C=O) groups excluding carboxylic acids is 3. The van der Waals surface area contributed by atoms with Crippen molar-refractivity contribution in [3.63, 3.8) is 0 Å². The molecular formula is C22H24N2O5. The summed E-state index contributed by atoms with van der Waals surface area (Å²) < 4.78 is 11.2. The standard InChI is InChI=1S/C22H24N2O5/c1-14(25)15-9-10-18(28-4)16(11-15)12-21(26)24-13-20(22(27)23(2)3)29-19-8-6-5-7-17(19)24/h5-11,20H,12-13H2,1-4H3/t20-/m1/s1. The van der Waals surface area contributed by atoms with Crippen LogP contribution in [-0.4, -0.2) is 56.4 Å². The van der Waals surface area contributed by atoms with Gasteiger partial charge in [0.1, 0.15) is 11.5 Å². The van der Waals surface area contributed by atoms with Crippen LogP contribution in [0.15, 0.2) is 42.5 Å². The fourth-order valence-corrected chi connectivity index (χ4v) is 3.28. The molecule has 152 valence electrons. The van der Waals surface area contributed by atoms with Crippen LogP contribution in [0.1, 0.15) is 22.8 Å². The van der Waals surface area contributed by atoms with Crippen molar-refractivity contribution in [2.24, 2.45) is 0 Å². The number of rotatable bonds is 5. The van der Waals surface area contributed by atoms with Crippen LogP contribution in [0, 0.1) is 0 Å². The molecule has 0 spiro atoms. The summed E-state index contributed by atoms with van der Waals surface area (Å²) in [5.74, 6) is 0.502. The minimum atomic E-state index is -0.783. The van der Waals surface area contributed by atoms with Gasteiger partial charge in [-0.2, -0.15) is 0 Å². The van der Waals surface area contributed by atoms with Crippen molar-refractivity contribution < 1.29 is 23.9 Å². The van der Waals surface area contributed by atoms with E-state index in [1.54, 1.807) is 55.4 Å². The zero-order valence-corrected chi connectivity index (χ0v) is 17.0. The van der Waals surface area contributed by atoms with Gasteiger partial charge in [-0.1, -0.05) is 12.1 Å². The Morgan fingerprint density at radius 1 is 1.17 bits per heavy atom. The van der Waals surface area contributed by atoms with Gasteiger partial charge in [0.25, 0.3) is 5.91 Å². The lowest BCUT2D eigenvalue weighted by Crippen LogP contribution is -2.50. The van der Waals surface area contributed by atoms with E-state index in [-0.39, 0.29) is 30.6 Å². The van der Waals surface area contributed by atoms with E-state index in [1.807, 2.05) is 6.07 Å². The molecule has 3 rings (SSSR count). The predicted octanol–water partition coefficient (Wildman–Crippen LogP) is 2.32. The first-order valence-corrected chi connectivity index (χ1v) is 9.27. The smallest absolute Gasteiger partial charge is 0.265 e. The maximum atomic E-state index is 13.2. The Kier molecular flexibility index (Phi) is 5.87. The number of ether oxygens (including phenoxy) is 2. The first-order valence-electron chi connectivity index (χ1n) is 9.27. The molecule has 1 aliphatic heterocycles. The third kappa shape index (κ3) is 4.23. The molecule has 1 atom stereocenters. The molecule has 0 N–H and O–H groups in total. The summed E-state index contributed by atoms with van der Waals surface area (Å²) in [6.07, 6.45) is -0.754.